The van der Waals surface area contributed by atoms with Crippen molar-refractivity contribution in [2.24, 2.45) is 5.41 Å². The van der Waals surface area contributed by atoms with Crippen LogP contribution in [0.4, 0.5) is 28.9 Å². The summed E-state index contributed by atoms with van der Waals surface area (Å²) in [6.07, 6.45) is 0.237. The first-order valence-electron chi connectivity index (χ1n) is 23.7. The Labute approximate surface area is 426 Å². The van der Waals surface area contributed by atoms with Crippen LogP contribution >= 0.6 is 23.6 Å². The first-order valence-corrected chi connectivity index (χ1v) is 25.0. The average molecular weight is 1040 g/mol. The summed E-state index contributed by atoms with van der Waals surface area (Å²) < 4.78 is 73.9. The van der Waals surface area contributed by atoms with Gasteiger partial charge in [0.1, 0.15) is 29.8 Å². The highest BCUT2D eigenvalue weighted by molar-refractivity contribution is 7.81. The molecule has 6 rings (SSSR count). The van der Waals surface area contributed by atoms with E-state index < -0.39 is 63.7 Å². The van der Waals surface area contributed by atoms with Crippen LogP contribution in [0.5, 0.6) is 5.88 Å². The Bertz CT molecular complexity index is 2670. The quantitative estimate of drug-likeness (QED) is 0.0462. The van der Waals surface area contributed by atoms with Crippen LogP contribution in [0.1, 0.15) is 101 Å². The molecule has 2 aliphatic heterocycles. The number of hydrogen-bond donors (Lipinski definition) is 2. The molecule has 21 heteroatoms. The van der Waals surface area contributed by atoms with Crippen LogP contribution < -0.4 is 25.2 Å². The third kappa shape index (κ3) is 12.9. The maximum atomic E-state index is 15.4. The van der Waals surface area contributed by atoms with Gasteiger partial charge in [0.05, 0.1) is 51.9 Å². The van der Waals surface area contributed by atoms with E-state index >= 15 is 4.39 Å². The Morgan fingerprint density at radius 2 is 1.68 bits per heavy atom. The second-order valence-corrected chi connectivity index (χ2v) is 20.4. The molecule has 15 nitrogen and oxygen atoms in total. The summed E-state index contributed by atoms with van der Waals surface area (Å²) in [6, 6.07) is 11.2. The molecule has 386 valence electrons. The summed E-state index contributed by atoms with van der Waals surface area (Å²) in [5.41, 5.74) is 0.249. The van der Waals surface area contributed by atoms with Gasteiger partial charge in [-0.3, -0.25) is 24.1 Å². The zero-order valence-electron chi connectivity index (χ0n) is 41.4. The number of aromatic nitrogens is 2. The number of thiocarbonyl (C=S) groups is 1. The highest BCUT2D eigenvalue weighted by Gasteiger charge is 2.52. The lowest BCUT2D eigenvalue weighted by Crippen LogP contribution is -2.58. The number of nitrogens with zero attached hydrogens (tertiary/aromatic N) is 6. The Kier molecular flexibility index (Phi) is 18.1. The number of amides is 4. The van der Waals surface area contributed by atoms with Gasteiger partial charge in [0.2, 0.25) is 23.6 Å². The number of nitrogens with one attached hydrogen (secondary N) is 2. The number of pyridine rings is 1. The summed E-state index contributed by atoms with van der Waals surface area (Å²) in [6.45, 7) is 14.4. The predicted molar refractivity (Wildman–Crippen MR) is 268 cm³/mol. The minimum Gasteiger partial charge on any atom is -0.477 e. The number of nitriles is 1. The van der Waals surface area contributed by atoms with E-state index in [0.29, 0.717) is 80.6 Å². The molecule has 4 aromatic rings. The van der Waals surface area contributed by atoms with Crippen LogP contribution in [0, 0.1) is 36.4 Å². The fourth-order valence-corrected chi connectivity index (χ4v) is 9.86. The number of rotatable bonds is 21. The summed E-state index contributed by atoms with van der Waals surface area (Å²) in [4.78, 5) is 67.4. The van der Waals surface area contributed by atoms with E-state index in [0.717, 1.165) is 46.7 Å². The second-order valence-electron chi connectivity index (χ2n) is 19.2. The molecule has 2 saturated heterocycles. The standard InChI is InChI=1S/C51H60F4N8O7S2/c1-31-25-36(63-48(71)62(47(67)50(63,6)7)37-19-18-35(26-56)40(41(37)52)51(53,54)55)28-58-45(31)70-24-10-8-9-21-68-22-12-23-69-29-39(64)60-43(49(3,4)5)46(66)61-20-11-13-38(61)44(65)57-27-33-14-16-34(17-15-33)42-32(2)59-30-72-42/h14-19,25,28,30,38,43H,8-13,20-24,27,29H2,1-7H3,(H,57,65)(H,60,64). The van der Waals surface area contributed by atoms with Crippen molar-refractivity contribution < 1.29 is 51.0 Å². The van der Waals surface area contributed by atoms with Crippen LogP contribution in [0.2, 0.25) is 0 Å². The largest absolute Gasteiger partial charge is 0.477 e. The normalized spacial score (nSPS) is 16.2. The molecule has 4 heterocycles. The molecule has 2 aromatic carbocycles. The van der Waals surface area contributed by atoms with Gasteiger partial charge in [0, 0.05) is 38.5 Å². The summed E-state index contributed by atoms with van der Waals surface area (Å²) in [5, 5.41) is 14.8. The minimum atomic E-state index is -5.19. The number of alkyl halides is 3. The maximum absolute atomic E-state index is 15.4. The highest BCUT2D eigenvalue weighted by Crippen LogP contribution is 2.42. The van der Waals surface area contributed by atoms with Gasteiger partial charge >= 0.3 is 6.18 Å². The van der Waals surface area contributed by atoms with Crippen molar-refractivity contribution >= 4 is 63.7 Å². The number of thiazole rings is 1. The number of aryl methyl sites for hydroxylation is 2. The third-order valence-electron chi connectivity index (χ3n) is 12.4. The molecule has 2 atom stereocenters. The zero-order valence-corrected chi connectivity index (χ0v) is 43.0. The number of halogens is 4. The number of unbranched alkanes of at least 4 members (excludes halogenated alkanes) is 2. The van der Waals surface area contributed by atoms with Crippen LogP contribution in [-0.2, 0) is 41.4 Å². The van der Waals surface area contributed by atoms with E-state index in [1.807, 2.05) is 57.5 Å². The number of carbonyl (C=O) groups is 4. The summed E-state index contributed by atoms with van der Waals surface area (Å²) in [5.74, 6) is -3.18. The van der Waals surface area contributed by atoms with Gasteiger partial charge in [0.25, 0.3) is 5.91 Å². The Morgan fingerprint density at radius 3 is 2.33 bits per heavy atom. The van der Waals surface area contributed by atoms with E-state index in [1.165, 1.54) is 31.0 Å². The molecule has 2 fully saturated rings. The lowest BCUT2D eigenvalue weighted by atomic mass is 9.85. The average Bonchev–Trinajstić information content (AvgIpc) is 4.03. The molecule has 0 saturated carbocycles. The van der Waals surface area contributed by atoms with Gasteiger partial charge < -0.3 is 34.6 Å². The van der Waals surface area contributed by atoms with E-state index in [9.17, 15) is 37.6 Å². The zero-order chi connectivity index (χ0) is 52.5. The van der Waals surface area contributed by atoms with Crippen LogP contribution in [-0.4, -0.2) is 101 Å². The smallest absolute Gasteiger partial charge is 0.420 e. The van der Waals surface area contributed by atoms with E-state index in [1.54, 1.807) is 29.2 Å². The van der Waals surface area contributed by atoms with Gasteiger partial charge in [-0.05, 0) is 113 Å². The minimum absolute atomic E-state index is 0.231. The lowest BCUT2D eigenvalue weighted by molar-refractivity contribution is -0.144. The number of ether oxygens (including phenoxy) is 3. The Balaban J connectivity index is 0.861. The molecule has 0 radical (unpaired) electrons. The van der Waals surface area contributed by atoms with E-state index in [4.69, 9.17) is 26.4 Å². The lowest BCUT2D eigenvalue weighted by Gasteiger charge is -2.35. The van der Waals surface area contributed by atoms with Crippen molar-refractivity contribution in [2.45, 2.75) is 117 Å². The monoisotopic (exact) mass is 1040 g/mol. The topological polar surface area (TPSA) is 179 Å². The highest BCUT2D eigenvalue weighted by atomic mass is 32.1. The first kappa shape index (κ1) is 55.2. The molecular formula is C51H60F4N8O7S2. The molecular weight excluding hydrogens is 977 g/mol. The van der Waals surface area contributed by atoms with Gasteiger partial charge in [-0.25, -0.2) is 14.4 Å². The molecule has 0 bridgehead atoms. The predicted octanol–water partition coefficient (Wildman–Crippen LogP) is 8.58. The molecule has 2 aliphatic rings. The van der Waals surface area contributed by atoms with Crippen molar-refractivity contribution in [1.82, 2.24) is 25.5 Å². The van der Waals surface area contributed by atoms with Gasteiger partial charge in [-0.2, -0.15) is 18.4 Å². The van der Waals surface area contributed by atoms with Crippen molar-refractivity contribution in [3.8, 4) is 22.4 Å². The Morgan fingerprint density at radius 1 is 0.986 bits per heavy atom. The number of hydrogen-bond acceptors (Lipinski definition) is 12. The Hall–Kier alpha value is -6.08. The second kappa shape index (κ2) is 23.6. The fraction of sp³-hybridized carbons (Fsp3) is 0.490. The van der Waals surface area contributed by atoms with E-state index in [2.05, 4.69) is 20.6 Å². The first-order chi connectivity index (χ1) is 34.1. The van der Waals surface area contributed by atoms with Crippen molar-refractivity contribution in [3.63, 3.8) is 0 Å². The van der Waals surface area contributed by atoms with Crippen molar-refractivity contribution in [3.05, 3.63) is 87.9 Å². The maximum Gasteiger partial charge on any atom is 0.420 e. The summed E-state index contributed by atoms with van der Waals surface area (Å²) in [7, 11) is 0. The third-order valence-corrected chi connectivity index (χ3v) is 13.7. The van der Waals surface area contributed by atoms with Gasteiger partial charge in [-0.1, -0.05) is 45.0 Å². The summed E-state index contributed by atoms with van der Waals surface area (Å²) >= 11 is 7.11. The van der Waals surface area contributed by atoms with Crippen molar-refractivity contribution in [1.29, 1.82) is 5.26 Å². The number of benzene rings is 2. The van der Waals surface area contributed by atoms with Crippen LogP contribution in [0.15, 0.2) is 54.2 Å². The van der Waals surface area contributed by atoms with E-state index in [-0.39, 0.29) is 30.1 Å². The van der Waals surface area contributed by atoms with Crippen LogP contribution in [0.25, 0.3) is 10.4 Å². The molecule has 2 N–H and O–H groups in total. The van der Waals surface area contributed by atoms with Crippen LogP contribution in [0.3, 0.4) is 0 Å². The number of likely N-dealkylation sites (tertiary alicyclic amines) is 1. The number of anilines is 2. The molecule has 2 unspecified atom stereocenters. The SMILES string of the molecule is Cc1cc(N2C(=S)N(c3ccc(C#N)c(C(F)(F)F)c3F)C(=O)C2(C)C)cnc1OCCCCCOCCCOCC(=O)NC(C(=O)N1CCCC1C(=O)NCc1ccc(-c2scnc2C)cc1)C(C)(C)C. The van der Waals surface area contributed by atoms with Gasteiger partial charge in [-0.15, -0.1) is 11.3 Å². The van der Waals surface area contributed by atoms with Crippen molar-refractivity contribution in [2.75, 3.05) is 49.4 Å². The van der Waals surface area contributed by atoms with Gasteiger partial charge in [0.15, 0.2) is 10.9 Å². The fourth-order valence-electron chi connectivity index (χ4n) is 8.53. The molecule has 4 amide bonds. The molecule has 72 heavy (non-hydrogen) atoms. The molecule has 0 spiro atoms. The molecule has 0 aliphatic carbocycles. The molecule has 2 aromatic heterocycles. The number of carbonyl (C=O) groups excluding carboxylic acids is 4.